The van der Waals surface area contributed by atoms with E-state index in [0.29, 0.717) is 0 Å². The van der Waals surface area contributed by atoms with Crippen LogP contribution in [-0.4, -0.2) is 0 Å². The van der Waals surface area contributed by atoms with Gasteiger partial charge < -0.3 is 10.2 Å². The van der Waals surface area contributed by atoms with E-state index in [-0.39, 0.29) is 6.04 Å². The molecule has 1 atom stereocenters. The fourth-order valence-electron chi connectivity index (χ4n) is 1.50. The van der Waals surface area contributed by atoms with Crippen LogP contribution in [0.4, 0.5) is 0 Å². The second kappa shape index (κ2) is 4.37. The van der Waals surface area contributed by atoms with Crippen molar-refractivity contribution in [1.29, 1.82) is 0 Å². The fourth-order valence-corrected chi connectivity index (χ4v) is 2.22. The lowest BCUT2D eigenvalue weighted by Crippen LogP contribution is -2.12. The maximum atomic E-state index is 6.13. The molecule has 15 heavy (non-hydrogen) atoms. The third-order valence-corrected chi connectivity index (χ3v) is 3.29. The first-order valence-electron chi connectivity index (χ1n) is 4.75. The Labute approximate surface area is 103 Å². The monoisotopic (exact) mass is 313 g/mol. The van der Waals surface area contributed by atoms with Gasteiger partial charge in [0, 0.05) is 3.57 Å². The lowest BCUT2D eigenvalue weighted by atomic mass is 10.1. The van der Waals surface area contributed by atoms with Gasteiger partial charge in [-0.15, -0.1) is 0 Å². The topological polar surface area (TPSA) is 39.2 Å². The van der Waals surface area contributed by atoms with Crippen LogP contribution >= 0.6 is 22.6 Å². The molecule has 1 unspecified atom stereocenters. The van der Waals surface area contributed by atoms with Crippen LogP contribution in [0.5, 0.6) is 0 Å². The summed E-state index contributed by atoms with van der Waals surface area (Å²) in [6, 6.07) is 11.8. The molecule has 0 saturated heterocycles. The molecule has 0 aliphatic rings. The predicted molar refractivity (Wildman–Crippen MR) is 68.6 cm³/mol. The molecule has 78 valence electrons. The van der Waals surface area contributed by atoms with Crippen molar-refractivity contribution in [1.82, 2.24) is 0 Å². The Balaban J connectivity index is 2.36. The molecule has 2 nitrogen and oxygen atoms in total. The van der Waals surface area contributed by atoms with Crippen LogP contribution in [0.2, 0.25) is 0 Å². The van der Waals surface area contributed by atoms with Crippen LogP contribution in [0.1, 0.15) is 23.1 Å². The number of hydrogen-bond donors (Lipinski definition) is 1. The molecule has 2 aromatic rings. The van der Waals surface area contributed by atoms with Gasteiger partial charge in [-0.2, -0.15) is 0 Å². The van der Waals surface area contributed by atoms with Crippen molar-refractivity contribution in [2.75, 3.05) is 0 Å². The summed E-state index contributed by atoms with van der Waals surface area (Å²) in [4.78, 5) is 0. The minimum atomic E-state index is -0.174. The molecule has 0 bridgehead atoms. The van der Waals surface area contributed by atoms with Crippen molar-refractivity contribution in [3.05, 3.63) is 57.1 Å². The fraction of sp³-hybridized carbons (Fsp3) is 0.167. The zero-order valence-electron chi connectivity index (χ0n) is 8.41. The Bertz CT molecular complexity index is 464. The SMILES string of the molecule is Cc1ccc(C(N)c2ccccc2I)o1. The zero-order valence-corrected chi connectivity index (χ0v) is 10.6. The Morgan fingerprint density at radius 2 is 1.93 bits per heavy atom. The van der Waals surface area contributed by atoms with E-state index in [9.17, 15) is 0 Å². The van der Waals surface area contributed by atoms with Gasteiger partial charge in [-0.25, -0.2) is 0 Å². The number of nitrogens with two attached hydrogens (primary N) is 1. The Morgan fingerprint density at radius 1 is 1.20 bits per heavy atom. The van der Waals surface area contributed by atoms with Crippen LogP contribution in [0.25, 0.3) is 0 Å². The van der Waals surface area contributed by atoms with Crippen LogP contribution in [0.3, 0.4) is 0 Å². The molecule has 1 heterocycles. The molecule has 0 fully saturated rings. The molecule has 1 aromatic heterocycles. The summed E-state index contributed by atoms with van der Waals surface area (Å²) in [7, 11) is 0. The summed E-state index contributed by atoms with van der Waals surface area (Å²) in [6.07, 6.45) is 0. The van der Waals surface area contributed by atoms with Gasteiger partial charge in [0.15, 0.2) is 0 Å². The molecule has 0 radical (unpaired) electrons. The van der Waals surface area contributed by atoms with Crippen molar-refractivity contribution in [3.63, 3.8) is 0 Å². The van der Waals surface area contributed by atoms with Crippen molar-refractivity contribution in [2.45, 2.75) is 13.0 Å². The van der Waals surface area contributed by atoms with E-state index in [0.717, 1.165) is 20.7 Å². The number of aryl methyl sites for hydroxylation is 1. The summed E-state index contributed by atoms with van der Waals surface area (Å²) >= 11 is 2.29. The minimum Gasteiger partial charge on any atom is -0.464 e. The normalized spacial score (nSPS) is 12.7. The molecule has 0 spiro atoms. The largest absolute Gasteiger partial charge is 0.464 e. The quantitative estimate of drug-likeness (QED) is 0.865. The summed E-state index contributed by atoms with van der Waals surface area (Å²) in [5, 5.41) is 0. The van der Waals surface area contributed by atoms with E-state index in [1.165, 1.54) is 0 Å². The van der Waals surface area contributed by atoms with Crippen LogP contribution < -0.4 is 5.73 Å². The molecular formula is C12H12INO. The van der Waals surface area contributed by atoms with E-state index < -0.39 is 0 Å². The summed E-state index contributed by atoms with van der Waals surface area (Å²) < 4.78 is 6.69. The molecule has 1 aromatic carbocycles. The lowest BCUT2D eigenvalue weighted by molar-refractivity contribution is 0.466. The summed E-state index contributed by atoms with van der Waals surface area (Å²) in [6.45, 7) is 1.92. The number of benzene rings is 1. The highest BCUT2D eigenvalue weighted by Gasteiger charge is 2.14. The molecular weight excluding hydrogens is 301 g/mol. The first-order chi connectivity index (χ1) is 7.18. The Kier molecular flexibility index (Phi) is 3.11. The maximum Gasteiger partial charge on any atom is 0.125 e. The van der Waals surface area contributed by atoms with Gasteiger partial charge in [-0.05, 0) is 53.3 Å². The van der Waals surface area contributed by atoms with Crippen LogP contribution in [-0.2, 0) is 0 Å². The number of hydrogen-bond acceptors (Lipinski definition) is 2. The van der Waals surface area contributed by atoms with E-state index >= 15 is 0 Å². The zero-order chi connectivity index (χ0) is 10.8. The Hall–Kier alpha value is -0.810. The van der Waals surface area contributed by atoms with Gasteiger partial charge in [0.2, 0.25) is 0 Å². The van der Waals surface area contributed by atoms with Crippen molar-refractivity contribution < 1.29 is 4.42 Å². The predicted octanol–water partition coefficient (Wildman–Crippen LogP) is 3.24. The van der Waals surface area contributed by atoms with Crippen molar-refractivity contribution in [3.8, 4) is 0 Å². The first-order valence-corrected chi connectivity index (χ1v) is 5.82. The van der Waals surface area contributed by atoms with Crippen LogP contribution in [0.15, 0.2) is 40.8 Å². The molecule has 0 aliphatic carbocycles. The van der Waals surface area contributed by atoms with Gasteiger partial charge in [-0.1, -0.05) is 18.2 Å². The average molecular weight is 313 g/mol. The van der Waals surface area contributed by atoms with Gasteiger partial charge in [0.05, 0.1) is 6.04 Å². The Morgan fingerprint density at radius 3 is 2.53 bits per heavy atom. The van der Waals surface area contributed by atoms with Crippen molar-refractivity contribution in [2.24, 2.45) is 5.73 Å². The average Bonchev–Trinajstić information content (AvgIpc) is 2.65. The van der Waals surface area contributed by atoms with Gasteiger partial charge in [0.25, 0.3) is 0 Å². The van der Waals surface area contributed by atoms with Crippen molar-refractivity contribution >= 4 is 22.6 Å². The standard InChI is InChI=1S/C12H12INO/c1-8-6-7-11(15-8)12(14)9-4-2-3-5-10(9)13/h2-7,12H,14H2,1H3. The van der Waals surface area contributed by atoms with E-state index in [1.54, 1.807) is 0 Å². The number of furan rings is 1. The first kappa shape index (κ1) is 10.7. The second-order valence-corrected chi connectivity index (χ2v) is 4.61. The number of rotatable bonds is 2. The molecule has 0 saturated carbocycles. The van der Waals surface area contributed by atoms with E-state index in [4.69, 9.17) is 10.2 Å². The lowest BCUT2D eigenvalue weighted by Gasteiger charge is -2.10. The smallest absolute Gasteiger partial charge is 0.125 e. The van der Waals surface area contributed by atoms with E-state index in [2.05, 4.69) is 22.6 Å². The highest BCUT2D eigenvalue weighted by atomic mass is 127. The van der Waals surface area contributed by atoms with E-state index in [1.807, 2.05) is 43.3 Å². The third-order valence-electron chi connectivity index (χ3n) is 2.31. The van der Waals surface area contributed by atoms with Gasteiger partial charge in [-0.3, -0.25) is 0 Å². The molecule has 2 N–H and O–H groups in total. The highest BCUT2D eigenvalue weighted by Crippen LogP contribution is 2.25. The number of halogens is 1. The molecule has 3 heteroatoms. The second-order valence-electron chi connectivity index (χ2n) is 3.45. The third kappa shape index (κ3) is 2.23. The van der Waals surface area contributed by atoms with Gasteiger partial charge >= 0.3 is 0 Å². The molecule has 2 rings (SSSR count). The summed E-state index contributed by atoms with van der Waals surface area (Å²) in [5.41, 5.74) is 7.24. The van der Waals surface area contributed by atoms with Gasteiger partial charge in [0.1, 0.15) is 11.5 Å². The summed E-state index contributed by atoms with van der Waals surface area (Å²) in [5.74, 6) is 1.71. The highest BCUT2D eigenvalue weighted by molar-refractivity contribution is 14.1. The van der Waals surface area contributed by atoms with Crippen LogP contribution in [0, 0.1) is 10.5 Å². The molecule has 0 aliphatic heterocycles. The molecule has 0 amide bonds. The maximum absolute atomic E-state index is 6.13. The minimum absolute atomic E-state index is 0.174.